The molecule has 0 aliphatic heterocycles. The summed E-state index contributed by atoms with van der Waals surface area (Å²) in [4.78, 5) is 15.2. The molecule has 240 valence electrons. The third kappa shape index (κ3) is 5.59. The molecule has 0 saturated carbocycles. The minimum atomic E-state index is 0.159. The van der Waals surface area contributed by atoms with Gasteiger partial charge in [-0.1, -0.05) is 170 Å². The van der Waals surface area contributed by atoms with Gasteiger partial charge < -0.3 is 5.11 Å². The first kappa shape index (κ1) is 30.2. The van der Waals surface area contributed by atoms with Crippen LogP contribution in [-0.4, -0.2) is 20.1 Å². The maximum absolute atomic E-state index is 11.4. The van der Waals surface area contributed by atoms with E-state index in [0.29, 0.717) is 23.0 Å². The highest BCUT2D eigenvalue weighted by atomic mass is 16.3. The van der Waals surface area contributed by atoms with Gasteiger partial charge in [0.2, 0.25) is 0 Å². The Hall–Kier alpha value is -6.91. The molecule has 0 aliphatic carbocycles. The van der Waals surface area contributed by atoms with Crippen molar-refractivity contribution in [2.24, 2.45) is 0 Å². The van der Waals surface area contributed by atoms with E-state index >= 15 is 0 Å². The molecule has 0 spiro atoms. The van der Waals surface area contributed by atoms with Gasteiger partial charge in [-0.15, -0.1) is 0 Å². The summed E-state index contributed by atoms with van der Waals surface area (Å²) in [5.41, 5.74) is 8.62. The zero-order valence-electron chi connectivity index (χ0n) is 27.6. The molecule has 0 saturated heterocycles. The van der Waals surface area contributed by atoms with Crippen LogP contribution in [0.2, 0.25) is 0 Å². The monoisotopic (exact) mass is 653 g/mol. The van der Waals surface area contributed by atoms with E-state index in [-0.39, 0.29) is 5.75 Å². The van der Waals surface area contributed by atoms with Gasteiger partial charge in [-0.25, -0.2) is 15.0 Å². The van der Waals surface area contributed by atoms with Gasteiger partial charge in [-0.05, 0) is 61.5 Å². The van der Waals surface area contributed by atoms with E-state index in [9.17, 15) is 5.11 Å². The number of aromatic hydroxyl groups is 1. The normalized spacial score (nSPS) is 11.2. The molecule has 0 aliphatic rings. The molecule has 9 aromatic rings. The molecule has 0 radical (unpaired) electrons. The Kier molecular flexibility index (Phi) is 7.60. The van der Waals surface area contributed by atoms with Crippen molar-refractivity contribution in [2.75, 3.05) is 0 Å². The number of fused-ring (bicyclic) bond motifs is 2. The van der Waals surface area contributed by atoms with E-state index in [2.05, 4.69) is 127 Å². The molecule has 9 rings (SSSR count). The van der Waals surface area contributed by atoms with Crippen LogP contribution in [0.5, 0.6) is 5.75 Å². The lowest BCUT2D eigenvalue weighted by Crippen LogP contribution is -2.01. The Bertz CT molecular complexity index is 2680. The zero-order valence-corrected chi connectivity index (χ0v) is 27.6. The van der Waals surface area contributed by atoms with Crippen LogP contribution < -0.4 is 0 Å². The number of aromatic nitrogens is 3. The van der Waals surface area contributed by atoms with Crippen LogP contribution in [0.25, 0.3) is 89.1 Å². The SMILES string of the molecule is Oc1cccc(-c2nc(-c3ccccc3)nc(-c3ccc(-c4ccccc4)c4ccccc34)n2)c1-c1ccc(-c2cccc3ccccc23)cc1. The third-order valence-electron chi connectivity index (χ3n) is 9.47. The first-order valence-electron chi connectivity index (χ1n) is 17.0. The summed E-state index contributed by atoms with van der Waals surface area (Å²) in [7, 11) is 0. The average Bonchev–Trinajstić information content (AvgIpc) is 3.21. The average molecular weight is 654 g/mol. The molecular weight excluding hydrogens is 623 g/mol. The Balaban J connectivity index is 1.21. The summed E-state index contributed by atoms with van der Waals surface area (Å²) < 4.78 is 0. The predicted octanol–water partition coefficient (Wildman–Crippen LogP) is 11.9. The van der Waals surface area contributed by atoms with Crippen molar-refractivity contribution in [3.05, 3.63) is 182 Å². The van der Waals surface area contributed by atoms with Crippen molar-refractivity contribution in [2.45, 2.75) is 0 Å². The molecule has 0 atom stereocenters. The van der Waals surface area contributed by atoms with E-state index in [0.717, 1.165) is 55.3 Å². The second-order valence-corrected chi connectivity index (χ2v) is 12.5. The minimum absolute atomic E-state index is 0.159. The Morgan fingerprint density at radius 2 is 0.765 bits per heavy atom. The van der Waals surface area contributed by atoms with E-state index in [1.807, 2.05) is 48.5 Å². The van der Waals surface area contributed by atoms with E-state index in [1.54, 1.807) is 6.07 Å². The van der Waals surface area contributed by atoms with Crippen LogP contribution >= 0.6 is 0 Å². The lowest BCUT2D eigenvalue weighted by molar-refractivity contribution is 0.477. The standard InChI is InChI=1S/C47H31N3O/c51-43-24-12-23-42(44(43)34-27-25-33(26-28-34)37-22-11-18-32-15-7-8-19-36(32)37)47-49-45(35-16-5-2-6-17-35)48-46(50-47)41-30-29-38(31-13-3-1-4-14-31)39-20-9-10-21-40(39)41/h1-30,51H. The summed E-state index contributed by atoms with van der Waals surface area (Å²) in [6, 6.07) is 61.7. The van der Waals surface area contributed by atoms with Crippen molar-refractivity contribution in [1.82, 2.24) is 15.0 Å². The Morgan fingerprint density at radius 1 is 0.294 bits per heavy atom. The maximum Gasteiger partial charge on any atom is 0.164 e. The van der Waals surface area contributed by atoms with E-state index in [4.69, 9.17) is 15.0 Å². The topological polar surface area (TPSA) is 58.9 Å². The van der Waals surface area contributed by atoms with E-state index < -0.39 is 0 Å². The first-order chi connectivity index (χ1) is 25.2. The van der Waals surface area contributed by atoms with Gasteiger partial charge >= 0.3 is 0 Å². The van der Waals surface area contributed by atoms with Gasteiger partial charge in [0, 0.05) is 22.3 Å². The number of benzene rings is 8. The summed E-state index contributed by atoms with van der Waals surface area (Å²) in [5.74, 6) is 1.77. The van der Waals surface area contributed by atoms with Crippen molar-refractivity contribution in [1.29, 1.82) is 0 Å². The van der Waals surface area contributed by atoms with Gasteiger partial charge in [0.1, 0.15) is 5.75 Å². The molecule has 4 heteroatoms. The molecule has 0 fully saturated rings. The highest BCUT2D eigenvalue weighted by Gasteiger charge is 2.20. The molecule has 0 amide bonds. The lowest BCUT2D eigenvalue weighted by atomic mass is 9.93. The fourth-order valence-corrected chi connectivity index (χ4v) is 7.02. The smallest absolute Gasteiger partial charge is 0.164 e. The lowest BCUT2D eigenvalue weighted by Gasteiger charge is -2.15. The van der Waals surface area contributed by atoms with Gasteiger partial charge in [-0.2, -0.15) is 0 Å². The summed E-state index contributed by atoms with van der Waals surface area (Å²) in [6.07, 6.45) is 0. The van der Waals surface area contributed by atoms with Gasteiger partial charge in [0.15, 0.2) is 17.5 Å². The fraction of sp³-hybridized carbons (Fsp3) is 0. The molecule has 1 N–H and O–H groups in total. The number of phenolic OH excluding ortho intramolecular Hbond substituents is 1. The predicted molar refractivity (Wildman–Crippen MR) is 209 cm³/mol. The molecule has 0 bridgehead atoms. The number of hydrogen-bond donors (Lipinski definition) is 1. The molecule has 4 nitrogen and oxygen atoms in total. The molecule has 0 unspecified atom stereocenters. The van der Waals surface area contributed by atoms with Crippen molar-refractivity contribution < 1.29 is 5.11 Å². The molecule has 51 heavy (non-hydrogen) atoms. The Labute approximate surface area is 296 Å². The number of rotatable bonds is 6. The van der Waals surface area contributed by atoms with Crippen molar-refractivity contribution in [3.63, 3.8) is 0 Å². The Morgan fingerprint density at radius 3 is 1.51 bits per heavy atom. The highest BCUT2D eigenvalue weighted by molar-refractivity contribution is 6.04. The zero-order chi connectivity index (χ0) is 34.1. The molecule has 1 aromatic heterocycles. The third-order valence-corrected chi connectivity index (χ3v) is 9.47. The number of hydrogen-bond acceptors (Lipinski definition) is 4. The van der Waals surface area contributed by atoms with Crippen LogP contribution in [0.4, 0.5) is 0 Å². The molecule has 8 aromatic carbocycles. The number of nitrogens with zero attached hydrogens (tertiary/aromatic N) is 3. The summed E-state index contributed by atoms with van der Waals surface area (Å²) in [6.45, 7) is 0. The van der Waals surface area contributed by atoms with Crippen LogP contribution in [0.1, 0.15) is 0 Å². The quantitative estimate of drug-likeness (QED) is 0.194. The van der Waals surface area contributed by atoms with Gasteiger partial charge in [-0.3, -0.25) is 0 Å². The van der Waals surface area contributed by atoms with E-state index in [1.165, 1.54) is 10.8 Å². The molecule has 1 heterocycles. The second-order valence-electron chi connectivity index (χ2n) is 12.5. The highest BCUT2D eigenvalue weighted by Crippen LogP contribution is 2.41. The van der Waals surface area contributed by atoms with Crippen molar-refractivity contribution >= 4 is 21.5 Å². The van der Waals surface area contributed by atoms with Crippen LogP contribution in [-0.2, 0) is 0 Å². The maximum atomic E-state index is 11.4. The van der Waals surface area contributed by atoms with Crippen LogP contribution in [0.15, 0.2) is 182 Å². The van der Waals surface area contributed by atoms with Gasteiger partial charge in [0.05, 0.1) is 0 Å². The summed E-state index contributed by atoms with van der Waals surface area (Å²) in [5, 5.41) is 16.0. The summed E-state index contributed by atoms with van der Waals surface area (Å²) >= 11 is 0. The first-order valence-corrected chi connectivity index (χ1v) is 17.0. The van der Waals surface area contributed by atoms with Crippen LogP contribution in [0, 0.1) is 0 Å². The fourth-order valence-electron chi connectivity index (χ4n) is 7.02. The molecular formula is C47H31N3O. The van der Waals surface area contributed by atoms with Gasteiger partial charge in [0.25, 0.3) is 0 Å². The second kappa shape index (κ2) is 12.8. The number of phenols is 1. The minimum Gasteiger partial charge on any atom is -0.507 e. The van der Waals surface area contributed by atoms with Crippen LogP contribution in [0.3, 0.4) is 0 Å². The largest absolute Gasteiger partial charge is 0.507 e. The van der Waals surface area contributed by atoms with Crippen molar-refractivity contribution in [3.8, 4) is 73.3 Å².